The van der Waals surface area contributed by atoms with Crippen molar-refractivity contribution in [2.45, 2.75) is 23.1 Å². The molecule has 0 bridgehead atoms. The van der Waals surface area contributed by atoms with Crippen molar-refractivity contribution in [3.63, 3.8) is 0 Å². The smallest absolute Gasteiger partial charge is 0.175 e. The van der Waals surface area contributed by atoms with Crippen LogP contribution in [0.5, 0.6) is 0 Å². The highest BCUT2D eigenvalue weighted by molar-refractivity contribution is 8.01. The molecule has 1 aromatic heterocycles. The Hall–Kier alpha value is -0.540. The molecule has 0 amide bonds. The zero-order valence-corrected chi connectivity index (χ0v) is 8.99. The Balaban J connectivity index is 2.31. The lowest BCUT2D eigenvalue weighted by Gasteiger charge is -1.90. The molecular weight excluding hydrogens is 198 g/mol. The molecule has 2 heterocycles. The van der Waals surface area contributed by atoms with Gasteiger partial charge < -0.3 is 0 Å². The Morgan fingerprint density at radius 3 is 3.15 bits per heavy atom. The molecule has 0 N–H and O–H groups in total. The number of hydrogen-bond donors (Lipinski definition) is 0. The Morgan fingerprint density at radius 1 is 1.38 bits per heavy atom. The summed E-state index contributed by atoms with van der Waals surface area (Å²) in [6.07, 6.45) is 0. The molecule has 1 unspecified atom stereocenters. The Bertz CT molecular complexity index is 461. The first-order valence-corrected chi connectivity index (χ1v) is 6.12. The van der Waals surface area contributed by atoms with Crippen LogP contribution in [0.25, 0.3) is 10.2 Å². The number of para-hydroxylation sites is 1. The predicted molar refractivity (Wildman–Crippen MR) is 57.3 cm³/mol. The Kier molecular flexibility index (Phi) is 1.64. The molecule has 0 radical (unpaired) electrons. The van der Waals surface area contributed by atoms with E-state index in [0.717, 1.165) is 5.25 Å². The monoisotopic (exact) mass is 208 g/mol. The van der Waals surface area contributed by atoms with E-state index < -0.39 is 0 Å². The molecule has 1 nitrogen and oxygen atoms in total. The summed E-state index contributed by atoms with van der Waals surface area (Å²) in [4.78, 5) is 0. The topological polar surface area (TPSA) is 3.88 Å². The van der Waals surface area contributed by atoms with Crippen molar-refractivity contribution in [3.05, 3.63) is 24.3 Å². The summed E-state index contributed by atoms with van der Waals surface area (Å²) in [6, 6.07) is 8.66. The SMILES string of the molecule is CC1C[n+]2c(sc3ccccc32)S1. The predicted octanol–water partition coefficient (Wildman–Crippen LogP) is 2.68. The minimum Gasteiger partial charge on any atom is -0.175 e. The highest BCUT2D eigenvalue weighted by atomic mass is 32.2. The van der Waals surface area contributed by atoms with Gasteiger partial charge in [0, 0.05) is 6.07 Å². The van der Waals surface area contributed by atoms with Gasteiger partial charge in [0.25, 0.3) is 4.34 Å². The van der Waals surface area contributed by atoms with Crippen LogP contribution in [0.2, 0.25) is 0 Å². The van der Waals surface area contributed by atoms with Gasteiger partial charge in [-0.05, 0) is 24.8 Å². The quantitative estimate of drug-likeness (QED) is 0.602. The molecule has 3 heteroatoms. The van der Waals surface area contributed by atoms with Gasteiger partial charge >= 0.3 is 0 Å². The van der Waals surface area contributed by atoms with E-state index in [2.05, 4.69) is 35.8 Å². The van der Waals surface area contributed by atoms with Gasteiger partial charge in [-0.2, -0.15) is 4.57 Å². The van der Waals surface area contributed by atoms with E-state index in [1.165, 1.54) is 21.1 Å². The van der Waals surface area contributed by atoms with Crippen molar-refractivity contribution in [3.8, 4) is 0 Å². The number of nitrogens with zero attached hydrogens (tertiary/aromatic N) is 1. The number of benzene rings is 1. The van der Waals surface area contributed by atoms with Gasteiger partial charge in [-0.25, -0.2) is 0 Å². The molecule has 0 fully saturated rings. The van der Waals surface area contributed by atoms with E-state index in [9.17, 15) is 0 Å². The second-order valence-electron chi connectivity index (χ2n) is 3.37. The zero-order chi connectivity index (χ0) is 8.84. The molecule has 0 aliphatic carbocycles. The van der Waals surface area contributed by atoms with Crippen LogP contribution in [0.15, 0.2) is 28.6 Å². The summed E-state index contributed by atoms with van der Waals surface area (Å²) < 4.78 is 5.32. The minimum atomic E-state index is 0.746. The highest BCUT2D eigenvalue weighted by Crippen LogP contribution is 2.34. The fraction of sp³-hybridized carbons (Fsp3) is 0.300. The third kappa shape index (κ3) is 1.11. The summed E-state index contributed by atoms with van der Waals surface area (Å²) in [5, 5.41) is 0.746. The molecular formula is C10H10NS2+. The summed E-state index contributed by atoms with van der Waals surface area (Å²) in [6.45, 7) is 3.46. The molecule has 1 aliphatic heterocycles. The minimum absolute atomic E-state index is 0.746. The van der Waals surface area contributed by atoms with E-state index in [0.29, 0.717) is 0 Å². The summed E-state index contributed by atoms with van der Waals surface area (Å²) in [5.41, 5.74) is 1.40. The largest absolute Gasteiger partial charge is 0.298 e. The maximum Gasteiger partial charge on any atom is 0.298 e. The number of hydrogen-bond acceptors (Lipinski definition) is 2. The van der Waals surface area contributed by atoms with Crippen molar-refractivity contribution in [2.75, 3.05) is 0 Å². The molecule has 13 heavy (non-hydrogen) atoms. The van der Waals surface area contributed by atoms with Crippen molar-refractivity contribution < 1.29 is 4.57 Å². The van der Waals surface area contributed by atoms with E-state index >= 15 is 0 Å². The van der Waals surface area contributed by atoms with Gasteiger partial charge in [-0.15, -0.1) is 0 Å². The number of thiazole rings is 1. The second kappa shape index (κ2) is 2.72. The molecule has 3 rings (SSSR count). The third-order valence-electron chi connectivity index (χ3n) is 2.32. The molecule has 66 valence electrons. The van der Waals surface area contributed by atoms with E-state index in [1.54, 1.807) is 0 Å². The van der Waals surface area contributed by atoms with Gasteiger partial charge in [0.2, 0.25) is 5.52 Å². The van der Waals surface area contributed by atoms with Crippen LogP contribution < -0.4 is 4.57 Å². The van der Waals surface area contributed by atoms with Gasteiger partial charge in [-0.3, -0.25) is 0 Å². The van der Waals surface area contributed by atoms with Crippen molar-refractivity contribution in [2.24, 2.45) is 0 Å². The van der Waals surface area contributed by atoms with Crippen molar-refractivity contribution in [1.29, 1.82) is 0 Å². The van der Waals surface area contributed by atoms with E-state index in [-0.39, 0.29) is 0 Å². The lowest BCUT2D eigenvalue weighted by molar-refractivity contribution is -0.695. The number of fused-ring (bicyclic) bond motifs is 3. The van der Waals surface area contributed by atoms with Crippen LogP contribution >= 0.6 is 23.1 Å². The van der Waals surface area contributed by atoms with Crippen LogP contribution in [0.1, 0.15) is 6.92 Å². The lowest BCUT2D eigenvalue weighted by atomic mass is 10.3. The molecule has 2 aromatic rings. The van der Waals surface area contributed by atoms with Crippen LogP contribution in [-0.4, -0.2) is 5.25 Å². The Labute approximate surface area is 85.4 Å². The van der Waals surface area contributed by atoms with E-state index in [4.69, 9.17) is 0 Å². The fourth-order valence-electron chi connectivity index (χ4n) is 1.74. The summed E-state index contributed by atoms with van der Waals surface area (Å²) >= 11 is 3.91. The first-order valence-electron chi connectivity index (χ1n) is 4.42. The van der Waals surface area contributed by atoms with Crippen LogP contribution in [0.4, 0.5) is 0 Å². The summed E-state index contributed by atoms with van der Waals surface area (Å²) in [7, 11) is 0. The average Bonchev–Trinajstić information content (AvgIpc) is 2.60. The second-order valence-corrected chi connectivity index (χ2v) is 6.09. The molecule has 0 saturated carbocycles. The normalized spacial score (nSPS) is 20.8. The van der Waals surface area contributed by atoms with Crippen molar-refractivity contribution >= 4 is 33.3 Å². The van der Waals surface area contributed by atoms with Gasteiger partial charge in [0.1, 0.15) is 4.70 Å². The molecule has 1 aromatic carbocycles. The van der Waals surface area contributed by atoms with E-state index in [1.807, 2.05) is 23.1 Å². The highest BCUT2D eigenvalue weighted by Gasteiger charge is 2.31. The molecule has 0 spiro atoms. The van der Waals surface area contributed by atoms with Crippen LogP contribution in [0, 0.1) is 0 Å². The maximum atomic E-state index is 2.44. The fourth-order valence-corrected chi connectivity index (χ4v) is 4.46. The maximum absolute atomic E-state index is 2.44. The van der Waals surface area contributed by atoms with Gasteiger partial charge in [0.05, 0.1) is 5.25 Å². The standard InChI is InChI=1S/C10H10NS2/c1-7-6-11-8-4-2-3-5-9(8)13-10(11)12-7/h2-5,7H,6H2,1H3/q+1. The average molecular weight is 208 g/mol. The van der Waals surface area contributed by atoms with Crippen LogP contribution in [-0.2, 0) is 6.54 Å². The Morgan fingerprint density at radius 2 is 2.23 bits per heavy atom. The van der Waals surface area contributed by atoms with Crippen LogP contribution in [0.3, 0.4) is 0 Å². The molecule has 0 saturated heterocycles. The number of rotatable bonds is 0. The number of aromatic nitrogens is 1. The first kappa shape index (κ1) is 7.83. The summed E-state index contributed by atoms with van der Waals surface area (Å²) in [5.74, 6) is 0. The zero-order valence-electron chi connectivity index (χ0n) is 7.36. The molecule has 1 aliphatic rings. The third-order valence-corrected chi connectivity index (χ3v) is 4.79. The van der Waals surface area contributed by atoms with Gasteiger partial charge in [-0.1, -0.05) is 23.5 Å². The van der Waals surface area contributed by atoms with Crippen molar-refractivity contribution in [1.82, 2.24) is 0 Å². The first-order chi connectivity index (χ1) is 6.34. The van der Waals surface area contributed by atoms with Gasteiger partial charge in [0.15, 0.2) is 6.54 Å². The lowest BCUT2D eigenvalue weighted by Crippen LogP contribution is -2.32. The molecule has 1 atom stereocenters. The number of thioether (sulfide) groups is 1.